The fourth-order valence-corrected chi connectivity index (χ4v) is 1.62. The maximum Gasteiger partial charge on any atom is 0.224 e. The molecule has 0 aliphatic heterocycles. The lowest BCUT2D eigenvalue weighted by Crippen LogP contribution is -3.05. The number of hydrogen-bond donors (Lipinski definition) is 2. The van der Waals surface area contributed by atoms with Crippen LogP contribution in [0.25, 0.3) is 0 Å². The van der Waals surface area contributed by atoms with Crippen LogP contribution in [0.1, 0.15) is 17.5 Å². The number of hydrogen-bond acceptors (Lipinski definition) is 1. The van der Waals surface area contributed by atoms with E-state index in [1.807, 2.05) is 31.2 Å². The lowest BCUT2D eigenvalue weighted by atomic mass is 10.1. The Hall–Kier alpha value is -1.35. The molecule has 0 saturated heterocycles. The van der Waals surface area contributed by atoms with Gasteiger partial charge in [-0.2, -0.15) is 0 Å². The Kier molecular flexibility index (Phi) is 5.70. The Morgan fingerprint density at radius 2 is 1.88 bits per heavy atom. The number of nitrogens with one attached hydrogen (secondary N) is 2. The minimum atomic E-state index is 0.114. The van der Waals surface area contributed by atoms with Crippen LogP contribution in [0, 0.1) is 6.92 Å². The van der Waals surface area contributed by atoms with Gasteiger partial charge in [-0.3, -0.25) is 4.79 Å². The minimum Gasteiger partial charge on any atom is -0.356 e. The maximum absolute atomic E-state index is 11.6. The van der Waals surface area contributed by atoms with Gasteiger partial charge < -0.3 is 10.2 Å². The largest absolute Gasteiger partial charge is 0.356 e. The van der Waals surface area contributed by atoms with Gasteiger partial charge in [0.25, 0.3) is 0 Å². The summed E-state index contributed by atoms with van der Waals surface area (Å²) in [5, 5.41) is 2.95. The topological polar surface area (TPSA) is 33.5 Å². The lowest BCUT2D eigenvalue weighted by Gasteiger charge is -2.08. The molecule has 0 saturated carbocycles. The van der Waals surface area contributed by atoms with Gasteiger partial charge in [0.05, 0.1) is 27.1 Å². The second kappa shape index (κ2) is 7.07. The normalized spacial score (nSPS) is 10.6. The number of quaternary nitrogens is 1. The van der Waals surface area contributed by atoms with E-state index in [1.54, 1.807) is 0 Å². The SMILES string of the molecule is Cc1ccc(CC(=O)NCCC[NH+](C)C)cc1. The number of rotatable bonds is 6. The van der Waals surface area contributed by atoms with Crippen molar-refractivity contribution in [3.05, 3.63) is 35.4 Å². The number of aryl methyl sites for hydroxylation is 1. The van der Waals surface area contributed by atoms with Crippen LogP contribution in [0.3, 0.4) is 0 Å². The lowest BCUT2D eigenvalue weighted by molar-refractivity contribution is -0.858. The average molecular weight is 235 g/mol. The fourth-order valence-electron chi connectivity index (χ4n) is 1.62. The molecule has 2 N–H and O–H groups in total. The van der Waals surface area contributed by atoms with Gasteiger partial charge in [0.1, 0.15) is 0 Å². The molecule has 0 atom stereocenters. The molecule has 94 valence electrons. The Labute approximate surface area is 104 Å². The number of carbonyl (C=O) groups is 1. The molecule has 0 heterocycles. The summed E-state index contributed by atoms with van der Waals surface area (Å²) in [4.78, 5) is 13.0. The van der Waals surface area contributed by atoms with Crippen molar-refractivity contribution in [1.82, 2.24) is 5.32 Å². The van der Waals surface area contributed by atoms with Gasteiger partial charge >= 0.3 is 0 Å². The molecule has 1 rings (SSSR count). The van der Waals surface area contributed by atoms with Crippen LogP contribution in [-0.2, 0) is 11.2 Å². The smallest absolute Gasteiger partial charge is 0.224 e. The number of amides is 1. The van der Waals surface area contributed by atoms with Gasteiger partial charge in [0.15, 0.2) is 0 Å². The monoisotopic (exact) mass is 235 g/mol. The van der Waals surface area contributed by atoms with Crippen LogP contribution in [0.4, 0.5) is 0 Å². The molecule has 0 fully saturated rings. The maximum atomic E-state index is 11.6. The number of benzene rings is 1. The summed E-state index contributed by atoms with van der Waals surface area (Å²) < 4.78 is 0. The van der Waals surface area contributed by atoms with Crippen LogP contribution in [-0.4, -0.2) is 33.1 Å². The molecular weight excluding hydrogens is 212 g/mol. The van der Waals surface area contributed by atoms with E-state index >= 15 is 0 Å². The summed E-state index contributed by atoms with van der Waals surface area (Å²) in [6, 6.07) is 8.10. The van der Waals surface area contributed by atoms with Crippen molar-refractivity contribution in [2.45, 2.75) is 19.8 Å². The zero-order chi connectivity index (χ0) is 12.7. The highest BCUT2D eigenvalue weighted by Crippen LogP contribution is 2.03. The van der Waals surface area contributed by atoms with E-state index in [2.05, 4.69) is 19.4 Å². The first-order chi connectivity index (χ1) is 8.08. The first-order valence-corrected chi connectivity index (χ1v) is 6.19. The fraction of sp³-hybridized carbons (Fsp3) is 0.500. The molecule has 0 aliphatic rings. The summed E-state index contributed by atoms with van der Waals surface area (Å²) in [6.07, 6.45) is 1.51. The highest BCUT2D eigenvalue weighted by atomic mass is 16.1. The van der Waals surface area contributed by atoms with Crippen molar-refractivity contribution < 1.29 is 9.69 Å². The molecule has 17 heavy (non-hydrogen) atoms. The van der Waals surface area contributed by atoms with Crippen LogP contribution >= 0.6 is 0 Å². The van der Waals surface area contributed by atoms with Crippen molar-refractivity contribution in [1.29, 1.82) is 0 Å². The molecule has 1 aromatic carbocycles. The van der Waals surface area contributed by atoms with E-state index in [9.17, 15) is 4.79 Å². The van der Waals surface area contributed by atoms with Crippen molar-refractivity contribution in [2.24, 2.45) is 0 Å². The molecule has 0 bridgehead atoms. The van der Waals surface area contributed by atoms with Gasteiger partial charge in [-0.25, -0.2) is 0 Å². The summed E-state index contributed by atoms with van der Waals surface area (Å²) >= 11 is 0. The molecule has 0 aliphatic carbocycles. The Morgan fingerprint density at radius 1 is 1.24 bits per heavy atom. The van der Waals surface area contributed by atoms with E-state index in [1.165, 1.54) is 10.5 Å². The Balaban J connectivity index is 2.23. The summed E-state index contributed by atoms with van der Waals surface area (Å²) in [6.45, 7) is 3.91. The second-order valence-electron chi connectivity index (χ2n) is 4.82. The van der Waals surface area contributed by atoms with Crippen LogP contribution in [0.15, 0.2) is 24.3 Å². The average Bonchev–Trinajstić information content (AvgIpc) is 2.27. The van der Waals surface area contributed by atoms with Crippen LogP contribution < -0.4 is 10.2 Å². The predicted molar refractivity (Wildman–Crippen MR) is 70.2 cm³/mol. The molecule has 0 spiro atoms. The van der Waals surface area contributed by atoms with Gasteiger partial charge in [-0.15, -0.1) is 0 Å². The van der Waals surface area contributed by atoms with Crippen molar-refractivity contribution in [3.63, 3.8) is 0 Å². The molecule has 1 amide bonds. The zero-order valence-electron chi connectivity index (χ0n) is 11.0. The Bertz CT molecular complexity index is 344. The molecular formula is C14H23N2O+. The van der Waals surface area contributed by atoms with Crippen LogP contribution in [0.2, 0.25) is 0 Å². The minimum absolute atomic E-state index is 0.114. The highest BCUT2D eigenvalue weighted by molar-refractivity contribution is 5.78. The van der Waals surface area contributed by atoms with Gasteiger partial charge in [-0.05, 0) is 12.5 Å². The van der Waals surface area contributed by atoms with Crippen molar-refractivity contribution >= 4 is 5.91 Å². The van der Waals surface area contributed by atoms with E-state index < -0.39 is 0 Å². The third-order valence-corrected chi connectivity index (χ3v) is 2.66. The first-order valence-electron chi connectivity index (χ1n) is 6.19. The molecule has 3 nitrogen and oxygen atoms in total. The molecule has 0 aromatic heterocycles. The molecule has 3 heteroatoms. The number of carbonyl (C=O) groups excluding carboxylic acids is 1. The second-order valence-corrected chi connectivity index (χ2v) is 4.82. The third-order valence-electron chi connectivity index (χ3n) is 2.66. The molecule has 0 unspecified atom stereocenters. The summed E-state index contributed by atoms with van der Waals surface area (Å²) in [7, 11) is 4.24. The highest BCUT2D eigenvalue weighted by Gasteiger charge is 2.02. The van der Waals surface area contributed by atoms with Crippen molar-refractivity contribution in [2.75, 3.05) is 27.2 Å². The Morgan fingerprint density at radius 3 is 2.47 bits per heavy atom. The molecule has 1 aromatic rings. The van der Waals surface area contributed by atoms with Gasteiger partial charge in [0.2, 0.25) is 5.91 Å². The summed E-state index contributed by atoms with van der Waals surface area (Å²) in [5.74, 6) is 0.114. The molecule has 0 radical (unpaired) electrons. The summed E-state index contributed by atoms with van der Waals surface area (Å²) in [5.41, 5.74) is 2.30. The van der Waals surface area contributed by atoms with Crippen molar-refractivity contribution in [3.8, 4) is 0 Å². The predicted octanol–water partition coefficient (Wildman–Crippen LogP) is 0.188. The van der Waals surface area contributed by atoms with E-state index in [0.717, 1.165) is 25.1 Å². The van der Waals surface area contributed by atoms with E-state index in [-0.39, 0.29) is 5.91 Å². The van der Waals surface area contributed by atoms with Gasteiger partial charge in [0, 0.05) is 13.0 Å². The van der Waals surface area contributed by atoms with Crippen LogP contribution in [0.5, 0.6) is 0 Å². The quantitative estimate of drug-likeness (QED) is 0.678. The first kappa shape index (κ1) is 13.7. The van der Waals surface area contributed by atoms with E-state index in [0.29, 0.717) is 6.42 Å². The third kappa shape index (κ3) is 6.07. The standard InChI is InChI=1S/C14H22N2O/c1-12-5-7-13(8-6-12)11-14(17)15-9-4-10-16(2)3/h5-8H,4,9-11H2,1-3H3,(H,15,17)/p+1. The van der Waals surface area contributed by atoms with Gasteiger partial charge in [-0.1, -0.05) is 29.8 Å². The van der Waals surface area contributed by atoms with E-state index in [4.69, 9.17) is 0 Å². The zero-order valence-corrected chi connectivity index (χ0v) is 11.0.